The van der Waals surface area contributed by atoms with E-state index in [1.807, 2.05) is 52.0 Å². The summed E-state index contributed by atoms with van der Waals surface area (Å²) in [6, 6.07) is 7.56. The fourth-order valence-electron chi connectivity index (χ4n) is 2.13. The molecule has 5 heteroatoms. The van der Waals surface area contributed by atoms with E-state index < -0.39 is 11.7 Å². The third-order valence-corrected chi connectivity index (χ3v) is 3.14. The largest absolute Gasteiger partial charge is 0.464 e. The molecule has 138 valence electrons. The Morgan fingerprint density at radius 1 is 1.08 bits per heavy atom. The van der Waals surface area contributed by atoms with E-state index in [2.05, 4.69) is 0 Å². The van der Waals surface area contributed by atoms with Gasteiger partial charge in [-0.15, -0.1) is 0 Å². The van der Waals surface area contributed by atoms with Crippen molar-refractivity contribution in [3.8, 4) is 0 Å². The van der Waals surface area contributed by atoms with Crippen LogP contribution in [0.2, 0.25) is 0 Å². The minimum Gasteiger partial charge on any atom is -0.464 e. The summed E-state index contributed by atoms with van der Waals surface area (Å²) in [4.78, 5) is 23.6. The van der Waals surface area contributed by atoms with Gasteiger partial charge in [-0.1, -0.05) is 24.3 Å². The number of hydrogen-bond acceptors (Lipinski definition) is 5. The predicted octanol–water partition coefficient (Wildman–Crippen LogP) is 3.55. The first-order valence-corrected chi connectivity index (χ1v) is 8.53. The Morgan fingerprint density at radius 3 is 2.24 bits per heavy atom. The summed E-state index contributed by atoms with van der Waals surface area (Å²) in [6.45, 7) is 9.87. The van der Waals surface area contributed by atoms with E-state index in [0.29, 0.717) is 19.6 Å². The molecule has 0 fully saturated rings. The number of carbonyl (C=O) groups excluding carboxylic acids is 2. The molecule has 0 unspecified atom stereocenters. The Labute approximate surface area is 150 Å². The van der Waals surface area contributed by atoms with Crippen molar-refractivity contribution in [2.24, 2.45) is 0 Å². The maximum absolute atomic E-state index is 11.9. The zero-order valence-electron chi connectivity index (χ0n) is 15.7. The fourth-order valence-corrected chi connectivity index (χ4v) is 2.13. The van der Waals surface area contributed by atoms with Crippen LogP contribution < -0.4 is 0 Å². The monoisotopic (exact) mass is 348 g/mol. The zero-order chi connectivity index (χ0) is 18.9. The Kier molecular flexibility index (Phi) is 8.35. The smallest absolute Gasteiger partial charge is 0.335 e. The average molecular weight is 348 g/mol. The van der Waals surface area contributed by atoms with Crippen molar-refractivity contribution in [3.05, 3.63) is 41.5 Å². The van der Waals surface area contributed by atoms with Gasteiger partial charge in [0, 0.05) is 19.1 Å². The molecule has 0 aliphatic heterocycles. The first kappa shape index (κ1) is 20.9. The highest BCUT2D eigenvalue weighted by Gasteiger charge is 2.20. The molecule has 0 heterocycles. The van der Waals surface area contributed by atoms with Crippen molar-refractivity contribution in [3.63, 3.8) is 0 Å². The average Bonchev–Trinajstić information content (AvgIpc) is 2.52. The molecule has 1 aromatic carbocycles. The van der Waals surface area contributed by atoms with Gasteiger partial charge in [0.05, 0.1) is 6.61 Å². The van der Waals surface area contributed by atoms with Gasteiger partial charge >= 0.3 is 11.9 Å². The second-order valence-corrected chi connectivity index (χ2v) is 6.51. The number of rotatable bonds is 8. The van der Waals surface area contributed by atoms with Crippen molar-refractivity contribution in [2.75, 3.05) is 13.2 Å². The molecule has 0 radical (unpaired) electrons. The maximum atomic E-state index is 11.9. The Balaban J connectivity index is 2.68. The van der Waals surface area contributed by atoms with Gasteiger partial charge in [-0.2, -0.15) is 0 Å². The lowest BCUT2D eigenvalue weighted by molar-refractivity contribution is -0.156. The molecule has 1 rings (SSSR count). The molecule has 1 atom stereocenters. The number of esters is 2. The van der Waals surface area contributed by atoms with Crippen LogP contribution in [0.15, 0.2) is 30.3 Å². The van der Waals surface area contributed by atoms with Gasteiger partial charge in [0.1, 0.15) is 5.60 Å². The molecule has 1 aromatic rings. The first-order chi connectivity index (χ1) is 11.7. The van der Waals surface area contributed by atoms with Crippen LogP contribution in [0.4, 0.5) is 0 Å². The normalized spacial score (nSPS) is 12.8. The van der Waals surface area contributed by atoms with Gasteiger partial charge in [-0.3, -0.25) is 0 Å². The number of hydrogen-bond donors (Lipinski definition) is 0. The second kappa shape index (κ2) is 9.99. The zero-order valence-corrected chi connectivity index (χ0v) is 15.7. The van der Waals surface area contributed by atoms with Crippen LogP contribution in [0.25, 0.3) is 6.08 Å². The van der Waals surface area contributed by atoms with E-state index >= 15 is 0 Å². The Hall–Kier alpha value is -2.14. The third kappa shape index (κ3) is 8.49. The fraction of sp³-hybridized carbons (Fsp3) is 0.500. The van der Waals surface area contributed by atoms with Crippen LogP contribution in [0.1, 0.15) is 45.7 Å². The molecule has 25 heavy (non-hydrogen) atoms. The van der Waals surface area contributed by atoms with Crippen LogP contribution in [0.3, 0.4) is 0 Å². The highest BCUT2D eigenvalue weighted by molar-refractivity contribution is 5.87. The molecule has 0 saturated carbocycles. The van der Waals surface area contributed by atoms with Crippen LogP contribution in [-0.4, -0.2) is 36.9 Å². The highest BCUT2D eigenvalue weighted by Crippen LogP contribution is 2.12. The van der Waals surface area contributed by atoms with E-state index in [1.54, 1.807) is 13.0 Å². The van der Waals surface area contributed by atoms with Crippen molar-refractivity contribution in [1.29, 1.82) is 0 Å². The number of ether oxygens (including phenoxy) is 3. The van der Waals surface area contributed by atoms with Crippen molar-refractivity contribution in [2.45, 2.75) is 52.7 Å². The first-order valence-electron chi connectivity index (χ1n) is 8.53. The molecule has 0 amide bonds. The van der Waals surface area contributed by atoms with Crippen molar-refractivity contribution >= 4 is 18.0 Å². The van der Waals surface area contributed by atoms with Crippen LogP contribution in [0, 0.1) is 0 Å². The molecule has 0 aliphatic rings. The minimum atomic E-state index is -0.604. The van der Waals surface area contributed by atoms with Crippen LogP contribution in [0.5, 0.6) is 0 Å². The standard InChI is InChI=1S/C20H28O5/c1-6-23-17(19(22)24-7-2)14-16-10-8-15(9-11-16)12-13-18(21)25-20(3,4)5/h8-13,17H,6-7,14H2,1-5H3/t17-/m0/s1. The molecule has 0 N–H and O–H groups in total. The predicted molar refractivity (Wildman–Crippen MR) is 97.1 cm³/mol. The molecule has 0 aliphatic carbocycles. The van der Waals surface area contributed by atoms with Gasteiger partial charge in [0.15, 0.2) is 6.10 Å². The van der Waals surface area contributed by atoms with Crippen molar-refractivity contribution < 1.29 is 23.8 Å². The van der Waals surface area contributed by atoms with E-state index in [1.165, 1.54) is 6.08 Å². The summed E-state index contributed by atoms with van der Waals surface area (Å²) >= 11 is 0. The lowest BCUT2D eigenvalue weighted by atomic mass is 10.1. The molecular weight excluding hydrogens is 320 g/mol. The molecular formula is C20H28O5. The lowest BCUT2D eigenvalue weighted by Gasteiger charge is -2.17. The van der Waals surface area contributed by atoms with E-state index in [0.717, 1.165) is 11.1 Å². The van der Waals surface area contributed by atoms with Crippen LogP contribution in [-0.2, 0) is 30.2 Å². The summed E-state index contributed by atoms with van der Waals surface area (Å²) in [5.41, 5.74) is 1.33. The topological polar surface area (TPSA) is 61.8 Å². The van der Waals surface area contributed by atoms with Gasteiger partial charge in [0.25, 0.3) is 0 Å². The molecule has 0 bridgehead atoms. The summed E-state index contributed by atoms with van der Waals surface area (Å²) in [6.07, 6.45) is 2.95. The summed E-state index contributed by atoms with van der Waals surface area (Å²) < 4.78 is 15.7. The summed E-state index contributed by atoms with van der Waals surface area (Å²) in [5.74, 6) is -0.728. The number of carbonyl (C=O) groups is 2. The molecule has 0 saturated heterocycles. The third-order valence-electron chi connectivity index (χ3n) is 3.14. The van der Waals surface area contributed by atoms with Gasteiger partial charge in [-0.25, -0.2) is 9.59 Å². The van der Waals surface area contributed by atoms with E-state index in [-0.39, 0.29) is 11.9 Å². The summed E-state index contributed by atoms with van der Waals surface area (Å²) in [5, 5.41) is 0. The maximum Gasteiger partial charge on any atom is 0.335 e. The lowest BCUT2D eigenvalue weighted by Crippen LogP contribution is -2.28. The molecule has 0 aromatic heterocycles. The number of benzene rings is 1. The van der Waals surface area contributed by atoms with E-state index in [9.17, 15) is 9.59 Å². The molecule has 5 nitrogen and oxygen atoms in total. The highest BCUT2D eigenvalue weighted by atomic mass is 16.6. The van der Waals surface area contributed by atoms with Crippen molar-refractivity contribution in [1.82, 2.24) is 0 Å². The van der Waals surface area contributed by atoms with Gasteiger partial charge in [0.2, 0.25) is 0 Å². The quantitative estimate of drug-likeness (QED) is 0.531. The van der Waals surface area contributed by atoms with Gasteiger partial charge in [-0.05, 0) is 51.8 Å². The van der Waals surface area contributed by atoms with E-state index in [4.69, 9.17) is 14.2 Å². The summed E-state index contributed by atoms with van der Waals surface area (Å²) in [7, 11) is 0. The van der Waals surface area contributed by atoms with Crippen LogP contribution >= 0.6 is 0 Å². The second-order valence-electron chi connectivity index (χ2n) is 6.51. The van der Waals surface area contributed by atoms with Gasteiger partial charge < -0.3 is 14.2 Å². The Morgan fingerprint density at radius 2 is 1.72 bits per heavy atom. The Bertz CT molecular complexity index is 581. The molecule has 0 spiro atoms. The minimum absolute atomic E-state index is 0.330. The SMILES string of the molecule is CCOC(=O)[C@H](Cc1ccc(C=CC(=O)OC(C)(C)C)cc1)OCC.